The van der Waals surface area contributed by atoms with E-state index in [-0.39, 0.29) is 16.0 Å². The van der Waals surface area contributed by atoms with Gasteiger partial charge < -0.3 is 9.64 Å². The van der Waals surface area contributed by atoms with Crippen molar-refractivity contribution in [2.75, 3.05) is 7.05 Å². The van der Waals surface area contributed by atoms with Gasteiger partial charge in [-0.3, -0.25) is 4.79 Å². The number of rotatable bonds is 2. The number of piperidine rings is 1. The van der Waals surface area contributed by atoms with Gasteiger partial charge in [-0.2, -0.15) is 0 Å². The molecule has 1 aliphatic heterocycles. The highest BCUT2D eigenvalue weighted by atomic mass is 127. The third kappa shape index (κ3) is 3.59. The van der Waals surface area contributed by atoms with Crippen LogP contribution in [0.15, 0.2) is 0 Å². The topological polar surface area (TPSA) is 29.5 Å². The van der Waals surface area contributed by atoms with Gasteiger partial charge in [-0.1, -0.05) is 22.6 Å². The highest BCUT2D eigenvalue weighted by Gasteiger charge is 2.30. The highest BCUT2D eigenvalue weighted by molar-refractivity contribution is 14.1. The first-order chi connectivity index (χ1) is 6.91. The van der Waals surface area contributed by atoms with Gasteiger partial charge in [0.05, 0.1) is 0 Å². The minimum Gasteiger partial charge on any atom is -0.461 e. The van der Waals surface area contributed by atoms with Crippen LogP contribution in [0.3, 0.4) is 0 Å². The Balaban J connectivity index is 2.48. The maximum absolute atomic E-state index is 11.5. The van der Waals surface area contributed by atoms with Gasteiger partial charge in [0.2, 0.25) is 0 Å². The first-order valence-electron chi connectivity index (χ1n) is 5.48. The number of alkyl halides is 1. The van der Waals surface area contributed by atoms with E-state index in [1.807, 2.05) is 6.92 Å². The SMILES string of the molecule is CC(I)C(=O)OC1CC(C)N(C)C(C)C1. The number of carbonyl (C=O) groups is 1. The standard InChI is InChI=1S/C11H20INO2/c1-7-5-10(6-8(2)13(7)4)15-11(14)9(3)12/h7-10H,5-6H2,1-4H3. The third-order valence-corrected chi connectivity index (χ3v) is 3.71. The number of ether oxygens (including phenoxy) is 1. The average molecular weight is 325 g/mol. The largest absolute Gasteiger partial charge is 0.461 e. The number of carbonyl (C=O) groups excluding carboxylic acids is 1. The molecule has 1 heterocycles. The van der Waals surface area contributed by atoms with Gasteiger partial charge >= 0.3 is 5.97 Å². The number of likely N-dealkylation sites (tertiary alicyclic amines) is 1. The maximum atomic E-state index is 11.5. The van der Waals surface area contributed by atoms with E-state index < -0.39 is 0 Å². The smallest absolute Gasteiger partial charge is 0.318 e. The molecule has 15 heavy (non-hydrogen) atoms. The van der Waals surface area contributed by atoms with Crippen LogP contribution in [-0.2, 0) is 9.53 Å². The van der Waals surface area contributed by atoms with Crippen molar-refractivity contribution < 1.29 is 9.53 Å². The maximum Gasteiger partial charge on any atom is 0.318 e. The molecule has 88 valence electrons. The fourth-order valence-electron chi connectivity index (χ4n) is 1.98. The normalized spacial score (nSPS) is 34.9. The van der Waals surface area contributed by atoms with Gasteiger partial charge in [-0.25, -0.2) is 0 Å². The quantitative estimate of drug-likeness (QED) is 0.443. The highest BCUT2D eigenvalue weighted by Crippen LogP contribution is 2.24. The molecule has 0 spiro atoms. The van der Waals surface area contributed by atoms with Crippen molar-refractivity contribution in [1.82, 2.24) is 4.90 Å². The molecule has 3 atom stereocenters. The van der Waals surface area contributed by atoms with E-state index in [9.17, 15) is 4.79 Å². The molecule has 0 aromatic carbocycles. The minimum atomic E-state index is -0.0791. The zero-order valence-electron chi connectivity index (χ0n) is 9.87. The Labute approximate surface area is 106 Å². The molecule has 0 aromatic rings. The van der Waals surface area contributed by atoms with E-state index >= 15 is 0 Å². The van der Waals surface area contributed by atoms with E-state index in [2.05, 4.69) is 48.4 Å². The Kier molecular flexibility index (Phi) is 4.83. The Morgan fingerprint density at radius 3 is 2.27 bits per heavy atom. The first-order valence-corrected chi connectivity index (χ1v) is 6.73. The zero-order chi connectivity index (χ0) is 11.6. The molecule has 3 nitrogen and oxygen atoms in total. The number of nitrogens with zero attached hydrogens (tertiary/aromatic N) is 1. The molecule has 0 radical (unpaired) electrons. The third-order valence-electron chi connectivity index (χ3n) is 3.21. The van der Waals surface area contributed by atoms with Crippen molar-refractivity contribution >= 4 is 28.6 Å². The average Bonchev–Trinajstić information content (AvgIpc) is 2.13. The predicted molar refractivity (Wildman–Crippen MR) is 69.3 cm³/mol. The lowest BCUT2D eigenvalue weighted by atomic mass is 9.95. The van der Waals surface area contributed by atoms with E-state index in [0.29, 0.717) is 12.1 Å². The minimum absolute atomic E-state index is 0.0483. The van der Waals surface area contributed by atoms with Gasteiger partial charge in [0, 0.05) is 12.1 Å². The molecule has 0 aromatic heterocycles. The molecule has 1 saturated heterocycles. The summed E-state index contributed by atoms with van der Waals surface area (Å²) in [6.07, 6.45) is 2.02. The van der Waals surface area contributed by atoms with E-state index in [0.717, 1.165) is 12.8 Å². The lowest BCUT2D eigenvalue weighted by molar-refractivity contribution is -0.151. The zero-order valence-corrected chi connectivity index (χ0v) is 12.0. The number of esters is 1. The Bertz CT molecular complexity index is 221. The van der Waals surface area contributed by atoms with Crippen LogP contribution < -0.4 is 0 Å². The Morgan fingerprint density at radius 2 is 1.87 bits per heavy atom. The van der Waals surface area contributed by atoms with Crippen molar-refractivity contribution in [3.8, 4) is 0 Å². The summed E-state index contributed by atoms with van der Waals surface area (Å²) >= 11 is 2.09. The summed E-state index contributed by atoms with van der Waals surface area (Å²) in [6.45, 7) is 6.23. The predicted octanol–water partition coefficient (Wildman–Crippen LogP) is 2.22. The molecule has 0 amide bonds. The van der Waals surface area contributed by atoms with Gasteiger partial charge in [0.15, 0.2) is 0 Å². The lowest BCUT2D eigenvalue weighted by Gasteiger charge is -2.39. The number of hydrogen-bond donors (Lipinski definition) is 0. The summed E-state index contributed by atoms with van der Waals surface area (Å²) in [4.78, 5) is 13.8. The molecule has 4 heteroatoms. The van der Waals surface area contributed by atoms with Crippen LogP contribution in [0.5, 0.6) is 0 Å². The number of halogens is 1. The fraction of sp³-hybridized carbons (Fsp3) is 0.909. The fourth-order valence-corrected chi connectivity index (χ4v) is 2.13. The molecule has 1 rings (SSSR count). The van der Waals surface area contributed by atoms with Crippen LogP contribution in [0.2, 0.25) is 0 Å². The number of hydrogen-bond acceptors (Lipinski definition) is 3. The van der Waals surface area contributed by atoms with Gasteiger partial charge in [-0.05, 0) is 40.7 Å². The van der Waals surface area contributed by atoms with E-state index in [1.54, 1.807) is 0 Å². The summed E-state index contributed by atoms with van der Waals surface area (Å²) in [7, 11) is 2.13. The van der Waals surface area contributed by atoms with Crippen LogP contribution in [-0.4, -0.2) is 40.0 Å². The molecule has 1 aliphatic rings. The van der Waals surface area contributed by atoms with Crippen LogP contribution >= 0.6 is 22.6 Å². The Morgan fingerprint density at radius 1 is 1.40 bits per heavy atom. The second-order valence-corrected chi connectivity index (χ2v) is 6.38. The Hall–Kier alpha value is 0.160. The molecular weight excluding hydrogens is 305 g/mol. The van der Waals surface area contributed by atoms with Gasteiger partial charge in [0.1, 0.15) is 10.0 Å². The van der Waals surface area contributed by atoms with E-state index in [4.69, 9.17) is 4.74 Å². The van der Waals surface area contributed by atoms with Crippen LogP contribution in [0.1, 0.15) is 33.6 Å². The van der Waals surface area contributed by atoms with Crippen molar-refractivity contribution in [2.24, 2.45) is 0 Å². The second kappa shape index (κ2) is 5.48. The summed E-state index contributed by atoms with van der Waals surface area (Å²) in [5.41, 5.74) is 0. The van der Waals surface area contributed by atoms with Crippen molar-refractivity contribution in [2.45, 2.75) is 55.7 Å². The monoisotopic (exact) mass is 325 g/mol. The second-order valence-electron chi connectivity index (χ2n) is 4.51. The molecule has 0 N–H and O–H groups in total. The molecular formula is C11H20INO2. The summed E-state index contributed by atoms with van der Waals surface area (Å²) in [5, 5.41) is 0. The first kappa shape index (κ1) is 13.2. The van der Waals surface area contributed by atoms with Crippen molar-refractivity contribution in [3.63, 3.8) is 0 Å². The van der Waals surface area contributed by atoms with Crippen molar-refractivity contribution in [1.29, 1.82) is 0 Å². The van der Waals surface area contributed by atoms with Crippen LogP contribution in [0, 0.1) is 0 Å². The molecule has 0 bridgehead atoms. The summed E-state index contributed by atoms with van der Waals surface area (Å²) < 4.78 is 5.42. The van der Waals surface area contributed by atoms with Crippen molar-refractivity contribution in [3.05, 3.63) is 0 Å². The van der Waals surface area contributed by atoms with Gasteiger partial charge in [-0.15, -0.1) is 0 Å². The molecule has 3 unspecified atom stereocenters. The van der Waals surface area contributed by atoms with Gasteiger partial charge in [0.25, 0.3) is 0 Å². The summed E-state index contributed by atoms with van der Waals surface area (Å²) in [6, 6.07) is 0.993. The van der Waals surface area contributed by atoms with Crippen LogP contribution in [0.4, 0.5) is 0 Å². The van der Waals surface area contributed by atoms with Crippen LogP contribution in [0.25, 0.3) is 0 Å². The lowest BCUT2D eigenvalue weighted by Crippen LogP contribution is -2.47. The molecule has 1 fully saturated rings. The summed E-state index contributed by atoms with van der Waals surface area (Å²) in [5.74, 6) is -0.0791. The molecule has 0 aliphatic carbocycles. The molecule has 0 saturated carbocycles. The van der Waals surface area contributed by atoms with E-state index in [1.165, 1.54) is 0 Å².